The number of benzene rings is 1. The second-order valence-corrected chi connectivity index (χ2v) is 8.83. The molecule has 158 valence electrons. The van der Waals surface area contributed by atoms with Crippen molar-refractivity contribution in [1.29, 1.82) is 0 Å². The Hall–Kier alpha value is -2.00. The summed E-state index contributed by atoms with van der Waals surface area (Å²) in [7, 11) is -2.30. The van der Waals surface area contributed by atoms with Gasteiger partial charge in [0.25, 0.3) is 15.9 Å². The molecular formula is C19H28O8S. The molecule has 1 aliphatic rings. The molecule has 1 aliphatic heterocycles. The van der Waals surface area contributed by atoms with Crippen molar-refractivity contribution < 1.29 is 36.3 Å². The van der Waals surface area contributed by atoms with Crippen LogP contribution in [-0.2, 0) is 30.2 Å². The van der Waals surface area contributed by atoms with Crippen LogP contribution in [0.1, 0.15) is 42.5 Å². The number of methoxy groups -OCH3 is 1. The van der Waals surface area contributed by atoms with Crippen LogP contribution >= 0.6 is 0 Å². The molecule has 0 spiro atoms. The SMILES string of the molecule is COC(=O)OC1(C)CCc2c(C)c(OCC(C)OS(C)(=O)=O)c(C)c(C)c2O1. The van der Waals surface area contributed by atoms with Gasteiger partial charge in [0.05, 0.1) is 13.4 Å². The number of fused-ring (bicyclic) bond motifs is 1. The summed E-state index contributed by atoms with van der Waals surface area (Å²) >= 11 is 0. The van der Waals surface area contributed by atoms with Crippen LogP contribution in [0.25, 0.3) is 0 Å². The average molecular weight is 416 g/mol. The topological polar surface area (TPSA) is 97.4 Å². The van der Waals surface area contributed by atoms with E-state index >= 15 is 0 Å². The van der Waals surface area contributed by atoms with Crippen molar-refractivity contribution in [1.82, 2.24) is 0 Å². The molecule has 0 radical (unpaired) electrons. The zero-order valence-corrected chi connectivity index (χ0v) is 18.2. The first-order chi connectivity index (χ1) is 12.9. The normalized spacial score (nSPS) is 20.0. The van der Waals surface area contributed by atoms with Gasteiger partial charge >= 0.3 is 6.16 Å². The first-order valence-electron chi connectivity index (χ1n) is 8.96. The van der Waals surface area contributed by atoms with Gasteiger partial charge in [-0.3, -0.25) is 4.18 Å². The molecule has 2 unspecified atom stereocenters. The molecule has 2 rings (SSSR count). The third kappa shape index (κ3) is 5.08. The molecule has 1 aromatic carbocycles. The van der Waals surface area contributed by atoms with E-state index in [9.17, 15) is 13.2 Å². The van der Waals surface area contributed by atoms with E-state index in [1.54, 1.807) is 13.8 Å². The fourth-order valence-corrected chi connectivity index (χ4v) is 3.90. The van der Waals surface area contributed by atoms with E-state index < -0.39 is 28.2 Å². The fourth-order valence-electron chi connectivity index (χ4n) is 3.25. The van der Waals surface area contributed by atoms with Crippen LogP contribution in [0.4, 0.5) is 4.79 Å². The zero-order chi connectivity index (χ0) is 21.3. The van der Waals surface area contributed by atoms with Crippen LogP contribution < -0.4 is 9.47 Å². The van der Waals surface area contributed by atoms with Crippen molar-refractivity contribution in [3.05, 3.63) is 22.3 Å². The van der Waals surface area contributed by atoms with E-state index in [0.29, 0.717) is 24.3 Å². The molecule has 0 N–H and O–H groups in total. The molecule has 0 amide bonds. The third-order valence-corrected chi connectivity index (χ3v) is 5.40. The second kappa shape index (κ2) is 8.16. The van der Waals surface area contributed by atoms with E-state index in [-0.39, 0.29) is 6.61 Å². The maximum atomic E-state index is 11.5. The molecule has 1 heterocycles. The van der Waals surface area contributed by atoms with Crippen LogP contribution in [0, 0.1) is 20.8 Å². The summed E-state index contributed by atoms with van der Waals surface area (Å²) in [6.07, 6.45) is 0.691. The van der Waals surface area contributed by atoms with Gasteiger partial charge < -0.3 is 18.9 Å². The Bertz CT molecular complexity index is 861. The van der Waals surface area contributed by atoms with E-state index in [4.69, 9.17) is 18.4 Å². The lowest BCUT2D eigenvalue weighted by Crippen LogP contribution is -2.41. The Balaban J connectivity index is 2.27. The number of carbonyl (C=O) groups excluding carboxylic acids is 1. The van der Waals surface area contributed by atoms with Gasteiger partial charge in [0, 0.05) is 18.9 Å². The first-order valence-corrected chi connectivity index (χ1v) is 10.8. The smallest absolute Gasteiger partial charge is 0.490 e. The van der Waals surface area contributed by atoms with Crippen molar-refractivity contribution in [3.63, 3.8) is 0 Å². The van der Waals surface area contributed by atoms with E-state index in [0.717, 1.165) is 28.5 Å². The third-order valence-electron chi connectivity index (χ3n) is 4.73. The monoisotopic (exact) mass is 416 g/mol. The van der Waals surface area contributed by atoms with E-state index in [1.807, 2.05) is 20.8 Å². The molecule has 0 saturated carbocycles. The molecule has 9 heteroatoms. The van der Waals surface area contributed by atoms with Gasteiger partial charge in [0.2, 0.25) is 0 Å². The molecule has 28 heavy (non-hydrogen) atoms. The molecule has 0 aromatic heterocycles. The van der Waals surface area contributed by atoms with Crippen molar-refractivity contribution in [2.75, 3.05) is 20.0 Å². The van der Waals surface area contributed by atoms with E-state index in [1.165, 1.54) is 7.11 Å². The summed E-state index contributed by atoms with van der Waals surface area (Å²) in [5.41, 5.74) is 3.61. The Morgan fingerprint density at radius 3 is 2.43 bits per heavy atom. The van der Waals surface area contributed by atoms with Gasteiger partial charge in [-0.2, -0.15) is 8.42 Å². The van der Waals surface area contributed by atoms with Gasteiger partial charge in [-0.05, 0) is 50.8 Å². The van der Waals surface area contributed by atoms with E-state index in [2.05, 4.69) is 4.74 Å². The molecule has 0 aliphatic carbocycles. The maximum Gasteiger partial charge on any atom is 0.511 e. The number of hydrogen-bond donors (Lipinski definition) is 0. The number of ether oxygens (including phenoxy) is 4. The molecule has 0 saturated heterocycles. The molecule has 0 bridgehead atoms. The lowest BCUT2D eigenvalue weighted by Gasteiger charge is -2.36. The summed E-state index contributed by atoms with van der Waals surface area (Å²) in [4.78, 5) is 11.5. The number of carbonyl (C=O) groups is 1. The van der Waals surface area contributed by atoms with Crippen LogP contribution in [-0.4, -0.2) is 46.4 Å². The van der Waals surface area contributed by atoms with Crippen LogP contribution in [0.15, 0.2) is 0 Å². The highest BCUT2D eigenvalue weighted by Gasteiger charge is 2.38. The van der Waals surface area contributed by atoms with Gasteiger partial charge in [-0.25, -0.2) is 4.79 Å². The number of rotatable bonds is 6. The quantitative estimate of drug-likeness (QED) is 0.515. The first kappa shape index (κ1) is 22.3. The summed E-state index contributed by atoms with van der Waals surface area (Å²) in [5.74, 6) is 0.242. The van der Waals surface area contributed by atoms with Crippen molar-refractivity contribution in [3.8, 4) is 11.5 Å². The second-order valence-electron chi connectivity index (χ2n) is 7.23. The van der Waals surface area contributed by atoms with Crippen molar-refractivity contribution in [2.45, 2.75) is 59.4 Å². The largest absolute Gasteiger partial charge is 0.511 e. The summed E-state index contributed by atoms with van der Waals surface area (Å²) in [6, 6.07) is 0. The highest BCUT2D eigenvalue weighted by Crippen LogP contribution is 2.44. The lowest BCUT2D eigenvalue weighted by atomic mass is 9.91. The lowest BCUT2D eigenvalue weighted by molar-refractivity contribution is -0.152. The minimum absolute atomic E-state index is 0.0942. The van der Waals surface area contributed by atoms with Crippen LogP contribution in [0.3, 0.4) is 0 Å². The predicted molar refractivity (Wildman–Crippen MR) is 102 cm³/mol. The molecule has 8 nitrogen and oxygen atoms in total. The Labute approximate surface area is 166 Å². The van der Waals surface area contributed by atoms with Gasteiger partial charge in [-0.15, -0.1) is 0 Å². The summed E-state index contributed by atoms with van der Waals surface area (Å²) in [6.45, 7) is 9.16. The standard InChI is InChI=1S/C19H28O8S/c1-11(27-28(7,21)22)10-24-16-12(2)13(3)17-15(14(16)4)8-9-19(5,25-17)26-18(20)23-6/h11H,8-10H2,1-7H3. The summed E-state index contributed by atoms with van der Waals surface area (Å²) in [5, 5.41) is 0. The van der Waals surface area contributed by atoms with Gasteiger partial charge in [0.15, 0.2) is 0 Å². The predicted octanol–water partition coefficient (Wildman–Crippen LogP) is 3.18. The molecule has 0 fully saturated rings. The minimum atomic E-state index is -3.55. The van der Waals surface area contributed by atoms with Crippen molar-refractivity contribution >= 4 is 16.3 Å². The fraction of sp³-hybridized carbons (Fsp3) is 0.632. The highest BCUT2D eigenvalue weighted by atomic mass is 32.2. The van der Waals surface area contributed by atoms with Crippen LogP contribution in [0.5, 0.6) is 11.5 Å². The molecule has 1 aromatic rings. The minimum Gasteiger partial charge on any atom is -0.490 e. The molecular weight excluding hydrogens is 388 g/mol. The summed E-state index contributed by atoms with van der Waals surface area (Å²) < 4.78 is 49.2. The van der Waals surface area contributed by atoms with Gasteiger partial charge in [-0.1, -0.05) is 0 Å². The number of hydrogen-bond acceptors (Lipinski definition) is 8. The Morgan fingerprint density at radius 1 is 1.21 bits per heavy atom. The zero-order valence-electron chi connectivity index (χ0n) is 17.4. The highest BCUT2D eigenvalue weighted by molar-refractivity contribution is 7.86. The van der Waals surface area contributed by atoms with Crippen molar-refractivity contribution in [2.24, 2.45) is 0 Å². The molecule has 2 atom stereocenters. The Morgan fingerprint density at radius 2 is 1.86 bits per heavy atom. The van der Waals surface area contributed by atoms with Crippen LogP contribution in [0.2, 0.25) is 0 Å². The Kier molecular flexibility index (Phi) is 6.50. The maximum absolute atomic E-state index is 11.5. The average Bonchev–Trinajstić information content (AvgIpc) is 2.57. The van der Waals surface area contributed by atoms with Gasteiger partial charge in [0.1, 0.15) is 24.2 Å².